The molecular weight excluding hydrogens is 702 g/mol. The molecule has 2 aromatic heterocycles. The van der Waals surface area contributed by atoms with Crippen LogP contribution >= 0.6 is 0 Å². The predicted octanol–water partition coefficient (Wildman–Crippen LogP) is 13.2. The second-order valence-electron chi connectivity index (χ2n) is 14.2. The minimum Gasteiger partial charge on any atom is -0.309 e. The molecule has 0 N–H and O–H groups in total. The summed E-state index contributed by atoms with van der Waals surface area (Å²) in [5, 5.41) is 2.13. The van der Waals surface area contributed by atoms with E-state index in [1.165, 1.54) is 22.3 Å². The number of hydrogen-bond acceptors (Lipinski definition) is 3. The zero-order valence-electron chi connectivity index (χ0n) is 30.9. The molecule has 4 nitrogen and oxygen atoms in total. The van der Waals surface area contributed by atoms with Gasteiger partial charge in [0, 0.05) is 33.0 Å². The maximum atomic E-state index is 13.8. The molecule has 0 atom stereocenters. The van der Waals surface area contributed by atoms with Gasteiger partial charge in [-0.05, 0) is 78.9 Å². The van der Waals surface area contributed by atoms with Crippen molar-refractivity contribution in [3.8, 4) is 62.1 Å². The minimum atomic E-state index is -4.45. The van der Waals surface area contributed by atoms with Crippen LogP contribution in [0.1, 0.15) is 22.3 Å². The normalized spacial score (nSPS) is 11.8. The lowest BCUT2D eigenvalue weighted by Gasteiger charge is -2.17. The lowest BCUT2D eigenvalue weighted by Crippen LogP contribution is -2.04. The number of para-hydroxylation sites is 1. The first-order chi connectivity index (χ1) is 27.1. The highest BCUT2D eigenvalue weighted by molar-refractivity contribution is 6.11. The van der Waals surface area contributed by atoms with Crippen LogP contribution in [0.5, 0.6) is 0 Å². The van der Waals surface area contributed by atoms with Gasteiger partial charge in [0.2, 0.25) is 0 Å². The number of hydrogen-bond donors (Lipinski definition) is 0. The van der Waals surface area contributed by atoms with Crippen LogP contribution in [-0.2, 0) is 6.18 Å². The smallest absolute Gasteiger partial charge is 0.309 e. The van der Waals surface area contributed by atoms with Crippen molar-refractivity contribution < 1.29 is 13.2 Å². The molecule has 0 fully saturated rings. The van der Waals surface area contributed by atoms with Crippen molar-refractivity contribution in [2.24, 2.45) is 0 Å². The van der Waals surface area contributed by atoms with Crippen LogP contribution in [0, 0.1) is 20.8 Å². The molecule has 272 valence electrons. The fraction of sp³-hybridized carbons (Fsp3) is 0.0816. The van der Waals surface area contributed by atoms with Crippen LogP contribution in [0.15, 0.2) is 158 Å². The van der Waals surface area contributed by atoms with Gasteiger partial charge >= 0.3 is 6.18 Å². The van der Waals surface area contributed by atoms with Crippen molar-refractivity contribution in [3.63, 3.8) is 0 Å². The quantitative estimate of drug-likeness (QED) is 0.171. The Kier molecular flexibility index (Phi) is 8.58. The van der Waals surface area contributed by atoms with Crippen molar-refractivity contribution in [2.45, 2.75) is 26.9 Å². The molecule has 9 rings (SSSR count). The van der Waals surface area contributed by atoms with Crippen molar-refractivity contribution >= 4 is 21.8 Å². The van der Waals surface area contributed by atoms with Crippen LogP contribution in [0.25, 0.3) is 83.9 Å². The summed E-state index contributed by atoms with van der Waals surface area (Å²) in [6.07, 6.45) is -4.45. The van der Waals surface area contributed by atoms with Crippen molar-refractivity contribution in [1.29, 1.82) is 0 Å². The molecule has 7 heteroatoms. The molecule has 0 aliphatic carbocycles. The maximum Gasteiger partial charge on any atom is 0.416 e. The number of nitrogens with zero attached hydrogens (tertiary/aromatic N) is 4. The first-order valence-corrected chi connectivity index (χ1v) is 18.4. The Balaban J connectivity index is 1.33. The fourth-order valence-corrected chi connectivity index (χ4v) is 7.90. The summed E-state index contributed by atoms with van der Waals surface area (Å²) in [5.74, 6) is 1.55. The van der Waals surface area contributed by atoms with E-state index >= 15 is 0 Å². The summed E-state index contributed by atoms with van der Waals surface area (Å²) in [6.45, 7) is 6.39. The summed E-state index contributed by atoms with van der Waals surface area (Å²) in [4.78, 5) is 14.9. The van der Waals surface area contributed by atoms with E-state index in [1.807, 2.05) is 91.0 Å². The molecule has 0 unspecified atom stereocenters. The number of benzene rings is 7. The number of alkyl halides is 3. The Labute approximate surface area is 322 Å². The topological polar surface area (TPSA) is 43.6 Å². The van der Waals surface area contributed by atoms with Gasteiger partial charge in [-0.25, -0.2) is 15.0 Å². The SMILES string of the molecule is Cc1cc(C)c(-c2ccc3c4ccccc4n(-c4cc(-c5nc(-c6ccccc6)nc(-c6ccccc6)n5)ccc4-c4ccc(C(F)(F)F)cc4)c3c2)c(C)c1. The summed E-state index contributed by atoms with van der Waals surface area (Å²) in [7, 11) is 0. The van der Waals surface area contributed by atoms with E-state index in [0.717, 1.165) is 67.4 Å². The van der Waals surface area contributed by atoms with E-state index < -0.39 is 11.7 Å². The van der Waals surface area contributed by atoms with Crippen LogP contribution < -0.4 is 0 Å². The molecular formula is C49H35F3N4. The zero-order valence-corrected chi connectivity index (χ0v) is 30.9. The molecule has 0 bridgehead atoms. The minimum absolute atomic E-state index is 0.477. The van der Waals surface area contributed by atoms with E-state index in [2.05, 4.69) is 67.8 Å². The van der Waals surface area contributed by atoms with Crippen LogP contribution in [0.4, 0.5) is 13.2 Å². The fourth-order valence-electron chi connectivity index (χ4n) is 7.90. The third-order valence-electron chi connectivity index (χ3n) is 10.4. The van der Waals surface area contributed by atoms with Crippen LogP contribution in [0.2, 0.25) is 0 Å². The summed E-state index contributed by atoms with van der Waals surface area (Å²) in [5.41, 5.74) is 11.7. The Morgan fingerprint density at radius 1 is 0.446 bits per heavy atom. The largest absolute Gasteiger partial charge is 0.416 e. The Morgan fingerprint density at radius 3 is 1.57 bits per heavy atom. The van der Waals surface area contributed by atoms with Crippen LogP contribution in [0.3, 0.4) is 0 Å². The first-order valence-electron chi connectivity index (χ1n) is 18.4. The highest BCUT2D eigenvalue weighted by atomic mass is 19.4. The third kappa shape index (κ3) is 6.31. The third-order valence-corrected chi connectivity index (χ3v) is 10.4. The second-order valence-corrected chi connectivity index (χ2v) is 14.2. The molecule has 0 saturated heterocycles. The second kappa shape index (κ2) is 13.8. The van der Waals surface area contributed by atoms with Gasteiger partial charge in [-0.1, -0.05) is 133 Å². The van der Waals surface area contributed by atoms with Crippen molar-refractivity contribution in [3.05, 3.63) is 180 Å². The average Bonchev–Trinajstić information content (AvgIpc) is 3.54. The molecule has 0 saturated carbocycles. The number of rotatable bonds is 6. The van der Waals surface area contributed by atoms with Gasteiger partial charge in [-0.2, -0.15) is 13.2 Å². The molecule has 7 aromatic carbocycles. The van der Waals surface area contributed by atoms with E-state index in [4.69, 9.17) is 15.0 Å². The average molecular weight is 737 g/mol. The lowest BCUT2D eigenvalue weighted by molar-refractivity contribution is -0.137. The van der Waals surface area contributed by atoms with Crippen molar-refractivity contribution in [2.75, 3.05) is 0 Å². The van der Waals surface area contributed by atoms with Crippen molar-refractivity contribution in [1.82, 2.24) is 19.5 Å². The molecule has 0 aliphatic rings. The van der Waals surface area contributed by atoms with Gasteiger partial charge in [0.15, 0.2) is 17.5 Å². The maximum absolute atomic E-state index is 13.8. The Morgan fingerprint density at radius 2 is 0.964 bits per heavy atom. The van der Waals surface area contributed by atoms with E-state index in [0.29, 0.717) is 23.0 Å². The van der Waals surface area contributed by atoms with Gasteiger partial charge < -0.3 is 4.57 Å². The number of fused-ring (bicyclic) bond motifs is 3. The molecule has 0 spiro atoms. The standard InChI is InChI=1S/C49H35F3N4/c1-30-26-31(2)45(32(3)27-30)36-20-25-41-40-16-10-11-17-42(40)56(44(41)28-36)43-29-37(21-24-39(43)33-18-22-38(23-19-33)49(50,51)52)48-54-46(34-12-6-4-7-13-34)53-47(55-48)35-14-8-5-9-15-35/h4-29H,1-3H3. The van der Waals surface area contributed by atoms with Gasteiger partial charge in [0.1, 0.15) is 0 Å². The van der Waals surface area contributed by atoms with Gasteiger partial charge in [0.25, 0.3) is 0 Å². The Bertz CT molecular complexity index is 2830. The van der Waals surface area contributed by atoms with Crippen LogP contribution in [-0.4, -0.2) is 19.5 Å². The zero-order chi connectivity index (χ0) is 38.6. The molecule has 0 amide bonds. The summed E-state index contributed by atoms with van der Waals surface area (Å²) >= 11 is 0. The number of aromatic nitrogens is 4. The highest BCUT2D eigenvalue weighted by Gasteiger charge is 2.30. The number of aryl methyl sites for hydroxylation is 3. The molecule has 2 heterocycles. The first kappa shape index (κ1) is 34.9. The lowest BCUT2D eigenvalue weighted by atomic mass is 9.93. The molecule has 0 aliphatic heterocycles. The predicted molar refractivity (Wildman–Crippen MR) is 221 cm³/mol. The van der Waals surface area contributed by atoms with E-state index in [-0.39, 0.29) is 0 Å². The van der Waals surface area contributed by atoms with E-state index in [1.54, 1.807) is 12.1 Å². The monoisotopic (exact) mass is 736 g/mol. The van der Waals surface area contributed by atoms with E-state index in [9.17, 15) is 13.2 Å². The summed E-state index contributed by atoms with van der Waals surface area (Å²) in [6, 6.07) is 50.2. The number of halogens is 3. The Hall–Kier alpha value is -6.86. The van der Waals surface area contributed by atoms with Gasteiger partial charge in [-0.15, -0.1) is 0 Å². The van der Waals surface area contributed by atoms with Gasteiger partial charge in [-0.3, -0.25) is 0 Å². The van der Waals surface area contributed by atoms with Gasteiger partial charge in [0.05, 0.1) is 22.3 Å². The molecule has 0 radical (unpaired) electrons. The summed E-state index contributed by atoms with van der Waals surface area (Å²) < 4.78 is 43.5. The highest BCUT2D eigenvalue weighted by Crippen LogP contribution is 2.41. The molecule has 9 aromatic rings. The molecule has 56 heavy (non-hydrogen) atoms.